The smallest absolute Gasteiger partial charge is 0.357 e. The highest BCUT2D eigenvalue weighted by Gasteiger charge is 2.16. The zero-order chi connectivity index (χ0) is 13.3. The number of rotatable bonds is 3. The van der Waals surface area contributed by atoms with Crippen LogP contribution in [0, 0.1) is 17.5 Å². The zero-order valence-corrected chi connectivity index (χ0v) is 8.58. The lowest BCUT2D eigenvalue weighted by Crippen LogP contribution is -2.00. The Hall–Kier alpha value is -2.51. The van der Waals surface area contributed by atoms with E-state index < -0.39 is 34.8 Å². The van der Waals surface area contributed by atoms with Crippen LogP contribution < -0.4 is 5.32 Å². The van der Waals surface area contributed by atoms with Gasteiger partial charge in [0.25, 0.3) is 6.01 Å². The molecule has 0 fully saturated rings. The summed E-state index contributed by atoms with van der Waals surface area (Å²) >= 11 is 0. The van der Waals surface area contributed by atoms with Gasteiger partial charge < -0.3 is 14.8 Å². The van der Waals surface area contributed by atoms with Crippen molar-refractivity contribution in [3.63, 3.8) is 0 Å². The fraction of sp³-hybridized carbons (Fsp3) is 0. The fourth-order valence-electron chi connectivity index (χ4n) is 1.17. The molecule has 0 unspecified atom stereocenters. The molecule has 8 heteroatoms. The van der Waals surface area contributed by atoms with Crippen molar-refractivity contribution in [2.75, 3.05) is 5.32 Å². The number of hydrogen-bond acceptors (Lipinski definition) is 4. The van der Waals surface area contributed by atoms with Gasteiger partial charge >= 0.3 is 5.97 Å². The van der Waals surface area contributed by atoms with Crippen molar-refractivity contribution >= 4 is 17.7 Å². The lowest BCUT2D eigenvalue weighted by atomic mass is 10.3. The van der Waals surface area contributed by atoms with E-state index in [0.717, 1.165) is 12.3 Å². The van der Waals surface area contributed by atoms with Crippen molar-refractivity contribution in [2.24, 2.45) is 0 Å². The molecule has 0 spiro atoms. The van der Waals surface area contributed by atoms with Crippen molar-refractivity contribution in [2.45, 2.75) is 0 Å². The molecule has 0 aliphatic heterocycles. The Balaban J connectivity index is 2.28. The molecule has 0 amide bonds. The predicted octanol–water partition coefficient (Wildman–Crippen LogP) is 2.53. The van der Waals surface area contributed by atoms with E-state index in [1.54, 1.807) is 0 Å². The summed E-state index contributed by atoms with van der Waals surface area (Å²) in [7, 11) is 0. The van der Waals surface area contributed by atoms with Gasteiger partial charge in [0.05, 0.1) is 5.69 Å². The monoisotopic (exact) mass is 258 g/mol. The van der Waals surface area contributed by atoms with E-state index in [1.807, 2.05) is 0 Å². The number of hydrogen-bond donors (Lipinski definition) is 2. The number of halogens is 3. The standard InChI is InChI=1S/C10H5F3N2O3/c11-4-1-2-5(8(13)7(4)12)14-10-15-6(3-18-10)9(16)17/h1-3H,(H,14,15)(H,16,17). The summed E-state index contributed by atoms with van der Waals surface area (Å²) in [5, 5.41) is 10.8. The Morgan fingerprint density at radius 1 is 1.28 bits per heavy atom. The summed E-state index contributed by atoms with van der Waals surface area (Å²) in [4.78, 5) is 13.9. The van der Waals surface area contributed by atoms with E-state index in [1.165, 1.54) is 0 Å². The highest BCUT2D eigenvalue weighted by molar-refractivity contribution is 5.85. The Morgan fingerprint density at radius 3 is 2.61 bits per heavy atom. The number of carboxylic acids is 1. The van der Waals surface area contributed by atoms with Gasteiger partial charge in [-0.3, -0.25) is 0 Å². The third-order valence-electron chi connectivity index (χ3n) is 2.00. The van der Waals surface area contributed by atoms with Crippen LogP contribution in [0.4, 0.5) is 24.9 Å². The molecule has 0 bridgehead atoms. The fourth-order valence-corrected chi connectivity index (χ4v) is 1.17. The number of benzene rings is 1. The van der Waals surface area contributed by atoms with E-state index in [9.17, 15) is 18.0 Å². The largest absolute Gasteiger partial charge is 0.476 e. The number of carbonyl (C=O) groups is 1. The third kappa shape index (κ3) is 2.12. The van der Waals surface area contributed by atoms with Crippen LogP contribution in [0.25, 0.3) is 0 Å². The number of anilines is 2. The maximum atomic E-state index is 13.3. The minimum Gasteiger partial charge on any atom is -0.476 e. The molecule has 0 atom stereocenters. The van der Waals surface area contributed by atoms with Gasteiger partial charge in [0, 0.05) is 0 Å². The molecule has 0 saturated carbocycles. The third-order valence-corrected chi connectivity index (χ3v) is 2.00. The van der Waals surface area contributed by atoms with E-state index >= 15 is 0 Å². The van der Waals surface area contributed by atoms with Crippen LogP contribution in [0.1, 0.15) is 10.5 Å². The van der Waals surface area contributed by atoms with Crippen LogP contribution in [-0.2, 0) is 0 Å². The SMILES string of the molecule is O=C(O)c1coc(Nc2ccc(F)c(F)c2F)n1. The van der Waals surface area contributed by atoms with Gasteiger partial charge in [-0.25, -0.2) is 18.0 Å². The molecule has 1 aromatic heterocycles. The van der Waals surface area contributed by atoms with Gasteiger partial charge in [-0.15, -0.1) is 0 Å². The molecule has 94 valence electrons. The molecule has 0 aliphatic carbocycles. The maximum absolute atomic E-state index is 13.3. The summed E-state index contributed by atoms with van der Waals surface area (Å²) in [6.07, 6.45) is 0.822. The highest BCUT2D eigenvalue weighted by atomic mass is 19.2. The Kier molecular flexibility index (Phi) is 2.92. The highest BCUT2D eigenvalue weighted by Crippen LogP contribution is 2.23. The molecule has 2 N–H and O–H groups in total. The quantitative estimate of drug-likeness (QED) is 0.827. The second kappa shape index (κ2) is 4.40. The van der Waals surface area contributed by atoms with Crippen LogP contribution in [-0.4, -0.2) is 16.1 Å². The van der Waals surface area contributed by atoms with Crippen molar-refractivity contribution in [1.29, 1.82) is 0 Å². The van der Waals surface area contributed by atoms with Gasteiger partial charge in [0.15, 0.2) is 23.1 Å². The summed E-state index contributed by atoms with van der Waals surface area (Å²) in [5.41, 5.74) is -0.826. The van der Waals surface area contributed by atoms with Crippen molar-refractivity contribution in [1.82, 2.24) is 4.98 Å². The van der Waals surface area contributed by atoms with Gasteiger partial charge in [0.1, 0.15) is 6.26 Å². The molecule has 18 heavy (non-hydrogen) atoms. The molecule has 0 radical (unpaired) electrons. The first kappa shape index (κ1) is 12.0. The normalized spacial score (nSPS) is 10.4. The molecular formula is C10H5F3N2O3. The maximum Gasteiger partial charge on any atom is 0.357 e. The van der Waals surface area contributed by atoms with Crippen molar-refractivity contribution in [3.8, 4) is 0 Å². The molecule has 0 aliphatic rings. The van der Waals surface area contributed by atoms with Crippen LogP contribution >= 0.6 is 0 Å². The van der Waals surface area contributed by atoms with E-state index in [-0.39, 0.29) is 6.01 Å². The summed E-state index contributed by atoms with van der Waals surface area (Å²) in [6.45, 7) is 0. The van der Waals surface area contributed by atoms with Crippen LogP contribution in [0.3, 0.4) is 0 Å². The zero-order valence-electron chi connectivity index (χ0n) is 8.58. The van der Waals surface area contributed by atoms with E-state index in [0.29, 0.717) is 6.07 Å². The Labute approximate surface area is 97.9 Å². The van der Waals surface area contributed by atoms with Crippen LogP contribution in [0.5, 0.6) is 0 Å². The molecular weight excluding hydrogens is 253 g/mol. The Morgan fingerprint density at radius 2 is 2.00 bits per heavy atom. The number of nitrogens with zero attached hydrogens (tertiary/aromatic N) is 1. The predicted molar refractivity (Wildman–Crippen MR) is 53.1 cm³/mol. The second-order valence-corrected chi connectivity index (χ2v) is 3.19. The topological polar surface area (TPSA) is 75.4 Å². The number of carboxylic acid groups (broad SMARTS) is 1. The number of aromatic nitrogens is 1. The van der Waals surface area contributed by atoms with Crippen LogP contribution in [0.2, 0.25) is 0 Å². The average Bonchev–Trinajstić information content (AvgIpc) is 2.79. The number of nitrogens with one attached hydrogen (secondary N) is 1. The molecule has 2 rings (SSSR count). The summed E-state index contributed by atoms with van der Waals surface area (Å²) in [6, 6.07) is 1.29. The summed E-state index contributed by atoms with van der Waals surface area (Å²) < 4.78 is 43.5. The van der Waals surface area contributed by atoms with E-state index in [4.69, 9.17) is 5.11 Å². The Bertz CT molecular complexity index is 612. The van der Waals surface area contributed by atoms with Crippen molar-refractivity contribution in [3.05, 3.63) is 41.5 Å². The molecule has 2 aromatic rings. The van der Waals surface area contributed by atoms with Gasteiger partial charge in [0.2, 0.25) is 0 Å². The lowest BCUT2D eigenvalue weighted by molar-refractivity contribution is 0.0690. The molecule has 5 nitrogen and oxygen atoms in total. The van der Waals surface area contributed by atoms with Gasteiger partial charge in [-0.05, 0) is 12.1 Å². The van der Waals surface area contributed by atoms with Crippen LogP contribution in [0.15, 0.2) is 22.8 Å². The second-order valence-electron chi connectivity index (χ2n) is 3.19. The van der Waals surface area contributed by atoms with Gasteiger partial charge in [-0.2, -0.15) is 4.98 Å². The first-order valence-electron chi connectivity index (χ1n) is 4.58. The summed E-state index contributed by atoms with van der Waals surface area (Å²) in [5.74, 6) is -5.77. The lowest BCUT2D eigenvalue weighted by Gasteiger charge is -2.04. The average molecular weight is 258 g/mol. The first-order chi connectivity index (χ1) is 8.49. The molecule has 1 aromatic carbocycles. The minimum atomic E-state index is -1.65. The molecule has 0 saturated heterocycles. The molecule has 1 heterocycles. The number of oxazole rings is 1. The van der Waals surface area contributed by atoms with Gasteiger partial charge in [-0.1, -0.05) is 0 Å². The first-order valence-corrected chi connectivity index (χ1v) is 4.58. The minimum absolute atomic E-state index is 0.350. The van der Waals surface area contributed by atoms with E-state index in [2.05, 4.69) is 14.7 Å². The number of aromatic carboxylic acids is 1. The van der Waals surface area contributed by atoms with Crippen molar-refractivity contribution < 1.29 is 27.5 Å².